The van der Waals surface area contributed by atoms with Gasteiger partial charge in [0.25, 0.3) is 5.91 Å². The van der Waals surface area contributed by atoms with Crippen LogP contribution in [0.15, 0.2) is 47.4 Å². The zero-order valence-corrected chi connectivity index (χ0v) is 13.0. The molecule has 110 valence electrons. The minimum absolute atomic E-state index is 0.0827. The summed E-state index contributed by atoms with van der Waals surface area (Å²) >= 11 is 7.45. The fourth-order valence-corrected chi connectivity index (χ4v) is 2.24. The molecule has 3 N–H and O–H groups in total. The van der Waals surface area contributed by atoms with Gasteiger partial charge in [-0.3, -0.25) is 4.79 Å². The van der Waals surface area contributed by atoms with E-state index in [0.717, 1.165) is 4.90 Å². The molecule has 0 radical (unpaired) electrons. The molecule has 2 rings (SSSR count). The van der Waals surface area contributed by atoms with E-state index in [4.69, 9.17) is 22.1 Å². The fraction of sp³-hybridized carbons (Fsp3) is 0.133. The first-order valence-electron chi connectivity index (χ1n) is 6.20. The van der Waals surface area contributed by atoms with Crippen LogP contribution in [-0.2, 0) is 4.79 Å². The molecular formula is C15H15ClN2O2S. The van der Waals surface area contributed by atoms with Crippen molar-refractivity contribution in [3.8, 4) is 5.75 Å². The van der Waals surface area contributed by atoms with Crippen LogP contribution in [0.5, 0.6) is 5.75 Å². The lowest BCUT2D eigenvalue weighted by Gasteiger charge is -2.10. The average Bonchev–Trinajstić information content (AvgIpc) is 2.48. The Bertz CT molecular complexity index is 632. The first-order chi connectivity index (χ1) is 10.1. The van der Waals surface area contributed by atoms with Crippen molar-refractivity contribution in [2.75, 3.05) is 23.9 Å². The van der Waals surface area contributed by atoms with Gasteiger partial charge in [-0.15, -0.1) is 11.8 Å². The number of hydrogen-bond acceptors (Lipinski definition) is 4. The van der Waals surface area contributed by atoms with Crippen LogP contribution < -0.4 is 15.8 Å². The lowest BCUT2D eigenvalue weighted by molar-refractivity contribution is -0.118. The van der Waals surface area contributed by atoms with E-state index >= 15 is 0 Å². The normalized spacial score (nSPS) is 10.2. The van der Waals surface area contributed by atoms with E-state index in [9.17, 15) is 4.79 Å². The van der Waals surface area contributed by atoms with Crippen LogP contribution in [0.1, 0.15) is 0 Å². The molecule has 4 nitrogen and oxygen atoms in total. The Morgan fingerprint density at radius 1 is 1.29 bits per heavy atom. The SMILES string of the molecule is CSc1ccc(OCC(=O)Nc2ccc(Cl)cc2N)cc1. The van der Waals surface area contributed by atoms with Gasteiger partial charge in [-0.2, -0.15) is 0 Å². The number of amides is 1. The first-order valence-corrected chi connectivity index (χ1v) is 7.80. The zero-order chi connectivity index (χ0) is 15.2. The molecule has 0 spiro atoms. The summed E-state index contributed by atoms with van der Waals surface area (Å²) in [4.78, 5) is 13.0. The molecule has 0 atom stereocenters. The van der Waals surface area contributed by atoms with Crippen molar-refractivity contribution < 1.29 is 9.53 Å². The number of rotatable bonds is 5. The molecule has 0 aromatic heterocycles. The van der Waals surface area contributed by atoms with Crippen molar-refractivity contribution >= 4 is 40.6 Å². The van der Waals surface area contributed by atoms with Crippen LogP contribution in [0.4, 0.5) is 11.4 Å². The standard InChI is InChI=1S/C15H15ClN2O2S/c1-21-12-5-3-11(4-6-12)20-9-15(19)18-14-7-2-10(16)8-13(14)17/h2-8H,9,17H2,1H3,(H,18,19). The van der Waals surface area contributed by atoms with Crippen LogP contribution in [0.3, 0.4) is 0 Å². The highest BCUT2D eigenvalue weighted by atomic mass is 35.5. The molecule has 0 heterocycles. The number of halogens is 1. The average molecular weight is 323 g/mol. The predicted molar refractivity (Wildman–Crippen MR) is 88.2 cm³/mol. The highest BCUT2D eigenvalue weighted by Crippen LogP contribution is 2.23. The second kappa shape index (κ2) is 7.24. The maximum atomic E-state index is 11.8. The summed E-state index contributed by atoms with van der Waals surface area (Å²) in [6, 6.07) is 12.4. The van der Waals surface area contributed by atoms with Gasteiger partial charge >= 0.3 is 0 Å². The van der Waals surface area contributed by atoms with Crippen molar-refractivity contribution in [2.24, 2.45) is 0 Å². The summed E-state index contributed by atoms with van der Waals surface area (Å²) in [5, 5.41) is 3.20. The summed E-state index contributed by atoms with van der Waals surface area (Å²) in [5.74, 6) is 0.366. The van der Waals surface area contributed by atoms with Crippen molar-refractivity contribution in [2.45, 2.75) is 4.90 Å². The van der Waals surface area contributed by atoms with Crippen LogP contribution in [-0.4, -0.2) is 18.8 Å². The molecule has 21 heavy (non-hydrogen) atoms. The number of benzene rings is 2. The third kappa shape index (κ3) is 4.58. The summed E-state index contributed by atoms with van der Waals surface area (Å²) in [6.45, 7) is -0.0827. The van der Waals surface area contributed by atoms with E-state index in [-0.39, 0.29) is 12.5 Å². The summed E-state index contributed by atoms with van der Waals surface area (Å²) in [6.07, 6.45) is 2.00. The van der Waals surface area contributed by atoms with Gasteiger partial charge in [-0.25, -0.2) is 0 Å². The molecule has 0 unspecified atom stereocenters. The van der Waals surface area contributed by atoms with Crippen LogP contribution in [0.25, 0.3) is 0 Å². The summed E-state index contributed by atoms with van der Waals surface area (Å²) in [5.41, 5.74) is 6.70. The largest absolute Gasteiger partial charge is 0.484 e. The Morgan fingerprint density at radius 3 is 2.62 bits per heavy atom. The monoisotopic (exact) mass is 322 g/mol. The van der Waals surface area contributed by atoms with Crippen molar-refractivity contribution in [3.63, 3.8) is 0 Å². The second-order valence-corrected chi connectivity index (χ2v) is 5.56. The maximum absolute atomic E-state index is 11.8. The van der Waals surface area contributed by atoms with Crippen LogP contribution in [0.2, 0.25) is 5.02 Å². The molecule has 0 saturated heterocycles. The van der Waals surface area contributed by atoms with E-state index in [0.29, 0.717) is 22.1 Å². The number of nitrogen functional groups attached to an aromatic ring is 1. The van der Waals surface area contributed by atoms with Gasteiger partial charge in [0.05, 0.1) is 11.4 Å². The van der Waals surface area contributed by atoms with Crippen LogP contribution in [0, 0.1) is 0 Å². The van der Waals surface area contributed by atoms with Gasteiger partial charge in [0, 0.05) is 9.92 Å². The molecule has 1 amide bonds. The highest BCUT2D eigenvalue weighted by Gasteiger charge is 2.06. The number of ether oxygens (including phenoxy) is 1. The molecule has 0 aliphatic carbocycles. The van der Waals surface area contributed by atoms with E-state index in [1.807, 2.05) is 30.5 Å². The third-order valence-corrected chi connectivity index (χ3v) is 3.70. The highest BCUT2D eigenvalue weighted by molar-refractivity contribution is 7.98. The Hall–Kier alpha value is -1.85. The smallest absolute Gasteiger partial charge is 0.262 e. The van der Waals surface area contributed by atoms with E-state index in [2.05, 4.69) is 5.32 Å². The Morgan fingerprint density at radius 2 is 2.00 bits per heavy atom. The quantitative estimate of drug-likeness (QED) is 0.651. The number of carbonyl (C=O) groups excluding carboxylic acids is 1. The third-order valence-electron chi connectivity index (χ3n) is 2.72. The molecule has 6 heteroatoms. The predicted octanol–water partition coefficient (Wildman–Crippen LogP) is 3.66. The Labute approximate surface area is 132 Å². The van der Waals surface area contributed by atoms with Gasteiger partial charge in [0.15, 0.2) is 6.61 Å². The zero-order valence-electron chi connectivity index (χ0n) is 11.4. The van der Waals surface area contributed by atoms with Gasteiger partial charge in [-0.05, 0) is 48.7 Å². The minimum Gasteiger partial charge on any atom is -0.484 e. The Balaban J connectivity index is 1.89. The maximum Gasteiger partial charge on any atom is 0.262 e. The molecule has 0 saturated carbocycles. The topological polar surface area (TPSA) is 64.3 Å². The minimum atomic E-state index is -0.280. The van der Waals surface area contributed by atoms with Crippen molar-refractivity contribution in [1.29, 1.82) is 0 Å². The number of hydrogen-bond donors (Lipinski definition) is 2. The summed E-state index contributed by atoms with van der Waals surface area (Å²) < 4.78 is 5.41. The molecular weight excluding hydrogens is 308 g/mol. The lowest BCUT2D eigenvalue weighted by atomic mass is 10.2. The fourth-order valence-electron chi connectivity index (χ4n) is 1.65. The van der Waals surface area contributed by atoms with Gasteiger partial charge in [0.2, 0.25) is 0 Å². The van der Waals surface area contributed by atoms with Crippen molar-refractivity contribution in [1.82, 2.24) is 0 Å². The number of anilines is 2. The van der Waals surface area contributed by atoms with Gasteiger partial charge in [0.1, 0.15) is 5.75 Å². The van der Waals surface area contributed by atoms with Gasteiger partial charge in [-0.1, -0.05) is 11.6 Å². The van der Waals surface area contributed by atoms with E-state index < -0.39 is 0 Å². The number of nitrogens with two attached hydrogens (primary N) is 1. The van der Waals surface area contributed by atoms with Crippen molar-refractivity contribution in [3.05, 3.63) is 47.5 Å². The van der Waals surface area contributed by atoms with Gasteiger partial charge < -0.3 is 15.8 Å². The molecule has 0 aliphatic rings. The summed E-state index contributed by atoms with van der Waals surface area (Å²) in [7, 11) is 0. The number of thioether (sulfide) groups is 1. The van der Waals surface area contributed by atoms with E-state index in [1.54, 1.807) is 30.0 Å². The second-order valence-electron chi connectivity index (χ2n) is 4.24. The molecule has 0 aliphatic heterocycles. The molecule has 2 aromatic carbocycles. The number of carbonyl (C=O) groups is 1. The molecule has 0 fully saturated rings. The van der Waals surface area contributed by atoms with Crippen LogP contribution >= 0.6 is 23.4 Å². The number of nitrogens with one attached hydrogen (secondary N) is 1. The van der Waals surface area contributed by atoms with E-state index in [1.165, 1.54) is 0 Å². The lowest BCUT2D eigenvalue weighted by Crippen LogP contribution is -2.20. The molecule has 2 aromatic rings. The molecule has 0 bridgehead atoms. The first kappa shape index (κ1) is 15.5. The Kier molecular flexibility index (Phi) is 5.36.